The predicted octanol–water partition coefficient (Wildman–Crippen LogP) is 6.23. The van der Waals surface area contributed by atoms with E-state index in [-0.39, 0.29) is 23.0 Å². The van der Waals surface area contributed by atoms with Gasteiger partial charge in [0.1, 0.15) is 9.88 Å². The van der Waals surface area contributed by atoms with E-state index in [4.69, 9.17) is 25.8 Å². The largest absolute Gasteiger partial charge is 0.493 e. The topological polar surface area (TPSA) is 132 Å². The van der Waals surface area contributed by atoms with Gasteiger partial charge in [0.2, 0.25) is 0 Å². The van der Waals surface area contributed by atoms with Crippen molar-refractivity contribution in [1.82, 2.24) is 5.43 Å². The third-order valence-electron chi connectivity index (χ3n) is 6.91. The van der Waals surface area contributed by atoms with Crippen LogP contribution in [-0.2, 0) is 27.2 Å². The molecule has 0 saturated heterocycles. The van der Waals surface area contributed by atoms with Crippen LogP contribution in [0.25, 0.3) is 10.1 Å². The first-order valence-electron chi connectivity index (χ1n) is 13.7. The second-order valence-corrected chi connectivity index (χ2v) is 12.5. The number of thiophene rings is 2. The van der Waals surface area contributed by atoms with Crippen LogP contribution in [0.5, 0.6) is 11.5 Å². The van der Waals surface area contributed by atoms with Crippen LogP contribution in [-0.4, -0.2) is 43.7 Å². The highest BCUT2D eigenvalue weighted by Gasteiger charge is 2.30. The SMILES string of the molecule is CCOC(=O)c1c(NC(=O)C(=O)NN=Cc2ccc(OC(=O)c3sc4ccccc4c3Cl)c(OC)c2)sc2c1CCC(C)C2. The van der Waals surface area contributed by atoms with Crippen LogP contribution in [0.1, 0.15) is 56.3 Å². The van der Waals surface area contributed by atoms with Crippen molar-refractivity contribution in [3.63, 3.8) is 0 Å². The van der Waals surface area contributed by atoms with Gasteiger partial charge in [-0.3, -0.25) is 9.59 Å². The van der Waals surface area contributed by atoms with E-state index >= 15 is 0 Å². The van der Waals surface area contributed by atoms with Crippen LogP contribution in [0.4, 0.5) is 5.00 Å². The Morgan fingerprint density at radius 2 is 1.86 bits per heavy atom. The molecule has 0 spiro atoms. The fourth-order valence-electron chi connectivity index (χ4n) is 4.77. The summed E-state index contributed by atoms with van der Waals surface area (Å²) in [5, 5.41) is 7.80. The van der Waals surface area contributed by atoms with Crippen molar-refractivity contribution >= 4 is 79.3 Å². The maximum Gasteiger partial charge on any atom is 0.355 e. The fourth-order valence-corrected chi connectivity index (χ4v) is 7.55. The molecule has 2 aromatic heterocycles. The van der Waals surface area contributed by atoms with Crippen LogP contribution < -0.4 is 20.2 Å². The number of esters is 2. The Morgan fingerprint density at radius 3 is 2.61 bits per heavy atom. The molecule has 44 heavy (non-hydrogen) atoms. The van der Waals surface area contributed by atoms with Gasteiger partial charge in [0.05, 0.1) is 30.5 Å². The van der Waals surface area contributed by atoms with Crippen LogP contribution >= 0.6 is 34.3 Å². The Hall–Kier alpha value is -4.26. The molecular weight excluding hydrogens is 626 g/mol. The first kappa shape index (κ1) is 31.2. The smallest absolute Gasteiger partial charge is 0.355 e. The number of hydrogen-bond acceptors (Lipinski definition) is 10. The number of benzene rings is 2. The minimum atomic E-state index is -1.02. The summed E-state index contributed by atoms with van der Waals surface area (Å²) in [4.78, 5) is 52.1. The Kier molecular flexibility index (Phi) is 9.62. The summed E-state index contributed by atoms with van der Waals surface area (Å²) >= 11 is 8.93. The zero-order valence-corrected chi connectivity index (χ0v) is 26.4. The zero-order chi connectivity index (χ0) is 31.4. The molecule has 0 radical (unpaired) electrons. The number of hydrazone groups is 1. The summed E-state index contributed by atoms with van der Waals surface area (Å²) in [5.74, 6) is -2.28. The Bertz CT molecular complexity index is 1800. The molecule has 2 heterocycles. The average molecular weight is 654 g/mol. The minimum Gasteiger partial charge on any atom is -0.493 e. The molecular formula is C31H28ClN3O7S2. The highest BCUT2D eigenvalue weighted by atomic mass is 35.5. The highest BCUT2D eigenvalue weighted by molar-refractivity contribution is 7.21. The number of halogens is 1. The van der Waals surface area contributed by atoms with Crippen LogP contribution in [0.15, 0.2) is 47.6 Å². The fraction of sp³-hybridized carbons (Fsp3) is 0.258. The van der Waals surface area contributed by atoms with E-state index in [0.29, 0.717) is 33.5 Å². The van der Waals surface area contributed by atoms with Gasteiger partial charge in [-0.05, 0) is 67.5 Å². The number of nitrogens with zero attached hydrogens (tertiary/aromatic N) is 1. The van der Waals surface area contributed by atoms with Gasteiger partial charge < -0.3 is 19.5 Å². The van der Waals surface area contributed by atoms with Crippen molar-refractivity contribution in [3.05, 3.63) is 73.9 Å². The molecule has 10 nitrogen and oxygen atoms in total. The van der Waals surface area contributed by atoms with E-state index < -0.39 is 23.8 Å². The average Bonchev–Trinajstić information content (AvgIpc) is 3.54. The maximum atomic E-state index is 12.9. The standard InChI is InChI=1S/C31H28ClN3O7S2/c1-4-41-30(38)24-18-11-9-16(2)13-23(18)44-29(24)34-27(36)28(37)35-33-15-17-10-12-20(21(14-17)40-3)42-31(39)26-25(32)19-7-5-6-8-22(19)43-26/h5-8,10,12,14-16H,4,9,11,13H2,1-3H3,(H,34,36)(H,35,37). The highest BCUT2D eigenvalue weighted by Crippen LogP contribution is 2.40. The second kappa shape index (κ2) is 13.6. The number of rotatable bonds is 8. The molecule has 1 aliphatic carbocycles. The zero-order valence-electron chi connectivity index (χ0n) is 24.0. The van der Waals surface area contributed by atoms with Crippen molar-refractivity contribution < 1.29 is 33.4 Å². The van der Waals surface area contributed by atoms with Gasteiger partial charge in [0, 0.05) is 15.0 Å². The number of anilines is 1. The number of methoxy groups -OCH3 is 1. The molecule has 228 valence electrons. The molecule has 2 aromatic carbocycles. The van der Waals surface area contributed by atoms with Gasteiger partial charge in [-0.25, -0.2) is 15.0 Å². The molecule has 0 aliphatic heterocycles. The first-order chi connectivity index (χ1) is 21.2. The predicted molar refractivity (Wildman–Crippen MR) is 171 cm³/mol. The van der Waals surface area contributed by atoms with Crippen LogP contribution in [0.2, 0.25) is 5.02 Å². The van der Waals surface area contributed by atoms with Gasteiger partial charge in [0.25, 0.3) is 0 Å². The molecule has 1 unspecified atom stereocenters. The van der Waals surface area contributed by atoms with Gasteiger partial charge in [0.15, 0.2) is 11.5 Å². The summed E-state index contributed by atoms with van der Waals surface area (Å²) < 4.78 is 17.0. The van der Waals surface area contributed by atoms with E-state index in [1.807, 2.05) is 24.3 Å². The summed E-state index contributed by atoms with van der Waals surface area (Å²) in [5.41, 5.74) is 3.86. The molecule has 13 heteroatoms. The second-order valence-electron chi connectivity index (χ2n) is 9.97. The van der Waals surface area contributed by atoms with E-state index in [1.165, 1.54) is 42.1 Å². The van der Waals surface area contributed by atoms with E-state index in [9.17, 15) is 19.2 Å². The minimum absolute atomic E-state index is 0.164. The van der Waals surface area contributed by atoms with E-state index in [0.717, 1.165) is 33.4 Å². The van der Waals surface area contributed by atoms with E-state index in [1.54, 1.807) is 19.1 Å². The number of carbonyl (C=O) groups is 4. The summed E-state index contributed by atoms with van der Waals surface area (Å²) in [7, 11) is 1.42. The number of hydrogen-bond donors (Lipinski definition) is 2. The molecule has 1 aliphatic rings. The van der Waals surface area contributed by atoms with Crippen molar-refractivity contribution in [2.75, 3.05) is 19.0 Å². The lowest BCUT2D eigenvalue weighted by molar-refractivity contribution is -0.136. The quantitative estimate of drug-likeness (QED) is 0.0757. The summed E-state index contributed by atoms with van der Waals surface area (Å²) in [6, 6.07) is 12.1. The molecule has 0 fully saturated rings. The maximum absolute atomic E-state index is 12.9. The lowest BCUT2D eigenvalue weighted by atomic mass is 9.88. The van der Waals surface area contributed by atoms with Crippen molar-refractivity contribution in [1.29, 1.82) is 0 Å². The van der Waals surface area contributed by atoms with Gasteiger partial charge in [-0.1, -0.05) is 36.7 Å². The monoisotopic (exact) mass is 653 g/mol. The molecule has 4 aromatic rings. The van der Waals surface area contributed by atoms with Gasteiger partial charge in [-0.2, -0.15) is 5.10 Å². The summed E-state index contributed by atoms with van der Waals surface area (Å²) in [6.45, 7) is 4.03. The molecule has 1 atom stereocenters. The number of nitrogens with one attached hydrogen (secondary N) is 2. The number of ether oxygens (including phenoxy) is 3. The van der Waals surface area contributed by atoms with Crippen molar-refractivity contribution in [2.45, 2.75) is 33.1 Å². The lowest BCUT2D eigenvalue weighted by Crippen LogP contribution is -2.32. The number of carbonyl (C=O) groups excluding carboxylic acids is 4. The third kappa shape index (κ3) is 6.62. The normalized spacial score (nSPS) is 14.2. The molecule has 0 saturated carbocycles. The number of fused-ring (bicyclic) bond motifs is 2. The van der Waals surface area contributed by atoms with Gasteiger partial charge >= 0.3 is 23.8 Å². The van der Waals surface area contributed by atoms with Gasteiger partial charge in [-0.15, -0.1) is 22.7 Å². The Labute approximate surface area is 266 Å². The van der Waals surface area contributed by atoms with E-state index in [2.05, 4.69) is 22.8 Å². The molecule has 5 rings (SSSR count). The summed E-state index contributed by atoms with van der Waals surface area (Å²) in [6.07, 6.45) is 3.72. The van der Waals surface area contributed by atoms with Crippen molar-refractivity contribution in [2.24, 2.45) is 11.0 Å². The van der Waals surface area contributed by atoms with Crippen molar-refractivity contribution in [3.8, 4) is 11.5 Å². The number of amides is 2. The lowest BCUT2D eigenvalue weighted by Gasteiger charge is -2.18. The molecule has 2 N–H and O–H groups in total. The van der Waals surface area contributed by atoms with Crippen LogP contribution in [0, 0.1) is 5.92 Å². The molecule has 2 amide bonds. The third-order valence-corrected chi connectivity index (χ3v) is 9.74. The first-order valence-corrected chi connectivity index (χ1v) is 15.7. The van der Waals surface area contributed by atoms with Crippen LogP contribution in [0.3, 0.4) is 0 Å². The Morgan fingerprint density at radius 1 is 1.07 bits per heavy atom. The Balaban J connectivity index is 1.23. The molecule has 0 bridgehead atoms.